The van der Waals surface area contributed by atoms with Gasteiger partial charge >= 0.3 is 5.97 Å². The zero-order chi connectivity index (χ0) is 15.2. The Morgan fingerprint density at radius 3 is 2.62 bits per heavy atom. The first-order valence-electron chi connectivity index (χ1n) is 5.83. The smallest absolute Gasteiger partial charge is 0.358 e. The predicted octanol–water partition coefficient (Wildman–Crippen LogP) is 0.898. The van der Waals surface area contributed by atoms with Crippen molar-refractivity contribution in [3.05, 3.63) is 42.4 Å². The maximum atomic E-state index is 11.7. The van der Waals surface area contributed by atoms with Gasteiger partial charge in [0.2, 0.25) is 0 Å². The van der Waals surface area contributed by atoms with Crippen molar-refractivity contribution >= 4 is 17.7 Å². The van der Waals surface area contributed by atoms with E-state index in [9.17, 15) is 14.7 Å². The molecule has 1 aromatic heterocycles. The van der Waals surface area contributed by atoms with E-state index in [4.69, 9.17) is 9.84 Å². The summed E-state index contributed by atoms with van der Waals surface area (Å²) in [6.45, 7) is -0.410. The monoisotopic (exact) mass is 289 g/mol. The number of para-hydroxylation sites is 2. The molecule has 0 saturated carbocycles. The minimum Gasteiger partial charge on any atom is -0.504 e. The zero-order valence-corrected chi connectivity index (χ0v) is 10.7. The van der Waals surface area contributed by atoms with E-state index in [0.29, 0.717) is 0 Å². The van der Waals surface area contributed by atoms with Gasteiger partial charge in [-0.1, -0.05) is 12.1 Å². The van der Waals surface area contributed by atoms with Crippen molar-refractivity contribution in [1.82, 2.24) is 9.97 Å². The highest BCUT2D eigenvalue weighted by Crippen LogP contribution is 2.24. The van der Waals surface area contributed by atoms with Crippen LogP contribution >= 0.6 is 0 Å². The normalized spacial score (nSPS) is 9.90. The SMILES string of the molecule is O=C(COc1ccccc1O)Nc1nccnc1C(=O)O. The molecule has 0 aliphatic rings. The van der Waals surface area contributed by atoms with Crippen LogP contribution in [0, 0.1) is 0 Å². The molecule has 8 nitrogen and oxygen atoms in total. The van der Waals surface area contributed by atoms with Gasteiger partial charge < -0.3 is 20.3 Å². The standard InChI is InChI=1S/C13H11N3O5/c17-8-3-1-2-4-9(8)21-7-10(18)16-12-11(13(19)20)14-5-6-15-12/h1-6,17H,7H2,(H,19,20)(H,15,16,18). The molecular weight excluding hydrogens is 278 g/mol. The van der Waals surface area contributed by atoms with Crippen LogP contribution in [0.25, 0.3) is 0 Å². The first-order valence-corrected chi connectivity index (χ1v) is 5.83. The summed E-state index contributed by atoms with van der Waals surface area (Å²) in [5.74, 6) is -2.06. The first-order chi connectivity index (χ1) is 10.1. The Morgan fingerprint density at radius 2 is 1.90 bits per heavy atom. The molecule has 0 bridgehead atoms. The third-order valence-corrected chi connectivity index (χ3v) is 2.38. The third kappa shape index (κ3) is 3.66. The number of aromatic carboxylic acids is 1. The quantitative estimate of drug-likeness (QED) is 0.747. The number of carbonyl (C=O) groups excluding carboxylic acids is 1. The van der Waals surface area contributed by atoms with Gasteiger partial charge in [-0.3, -0.25) is 4.79 Å². The van der Waals surface area contributed by atoms with Gasteiger partial charge in [-0.2, -0.15) is 0 Å². The number of carbonyl (C=O) groups is 2. The van der Waals surface area contributed by atoms with Crippen LogP contribution in [0.1, 0.15) is 10.5 Å². The number of carboxylic acid groups (broad SMARTS) is 1. The Bertz CT molecular complexity index is 674. The van der Waals surface area contributed by atoms with Crippen molar-refractivity contribution in [2.75, 3.05) is 11.9 Å². The fraction of sp³-hybridized carbons (Fsp3) is 0.0769. The van der Waals surface area contributed by atoms with Crippen molar-refractivity contribution in [3.8, 4) is 11.5 Å². The van der Waals surface area contributed by atoms with Crippen LogP contribution < -0.4 is 10.1 Å². The fourth-order valence-electron chi connectivity index (χ4n) is 1.48. The van der Waals surface area contributed by atoms with E-state index >= 15 is 0 Å². The molecule has 0 atom stereocenters. The van der Waals surface area contributed by atoms with Gasteiger partial charge in [0.05, 0.1) is 0 Å². The number of carboxylic acids is 1. The Labute approximate surface area is 119 Å². The number of amides is 1. The molecule has 0 radical (unpaired) electrons. The van der Waals surface area contributed by atoms with Crippen LogP contribution in [-0.2, 0) is 4.79 Å². The highest BCUT2D eigenvalue weighted by molar-refractivity contribution is 5.98. The van der Waals surface area contributed by atoms with Gasteiger partial charge in [0.25, 0.3) is 5.91 Å². The van der Waals surface area contributed by atoms with Crippen LogP contribution in [0.3, 0.4) is 0 Å². The van der Waals surface area contributed by atoms with E-state index in [-0.39, 0.29) is 23.0 Å². The Morgan fingerprint density at radius 1 is 1.19 bits per heavy atom. The van der Waals surface area contributed by atoms with Gasteiger partial charge in [-0.05, 0) is 12.1 Å². The molecule has 0 aliphatic heterocycles. The van der Waals surface area contributed by atoms with E-state index in [1.165, 1.54) is 24.5 Å². The minimum absolute atomic E-state index is 0.101. The number of aromatic hydroxyl groups is 1. The Balaban J connectivity index is 2.00. The number of benzene rings is 1. The van der Waals surface area contributed by atoms with Crippen molar-refractivity contribution in [1.29, 1.82) is 0 Å². The summed E-state index contributed by atoms with van der Waals surface area (Å²) < 4.78 is 5.11. The van der Waals surface area contributed by atoms with Gasteiger partial charge in [0.15, 0.2) is 29.6 Å². The topological polar surface area (TPSA) is 122 Å². The lowest BCUT2D eigenvalue weighted by Gasteiger charge is -2.08. The highest BCUT2D eigenvalue weighted by atomic mass is 16.5. The van der Waals surface area contributed by atoms with Crippen LogP contribution in [0.2, 0.25) is 0 Å². The van der Waals surface area contributed by atoms with E-state index in [2.05, 4.69) is 15.3 Å². The molecule has 2 rings (SSSR count). The average molecular weight is 289 g/mol. The van der Waals surface area contributed by atoms with Gasteiger partial charge in [0.1, 0.15) is 0 Å². The van der Waals surface area contributed by atoms with Gasteiger partial charge in [-0.25, -0.2) is 14.8 Å². The van der Waals surface area contributed by atoms with Gasteiger partial charge in [0, 0.05) is 12.4 Å². The van der Waals surface area contributed by atoms with Crippen LogP contribution in [0.4, 0.5) is 5.82 Å². The molecule has 0 aliphatic carbocycles. The summed E-state index contributed by atoms with van der Waals surface area (Å²) in [5, 5.41) is 20.7. The summed E-state index contributed by atoms with van der Waals surface area (Å²) in [5.41, 5.74) is -0.367. The van der Waals surface area contributed by atoms with E-state index < -0.39 is 18.5 Å². The number of nitrogens with zero attached hydrogens (tertiary/aromatic N) is 2. The lowest BCUT2D eigenvalue weighted by molar-refractivity contribution is -0.118. The molecule has 2 aromatic rings. The molecule has 1 amide bonds. The van der Waals surface area contributed by atoms with E-state index in [1.807, 2.05) is 0 Å². The molecule has 0 unspecified atom stereocenters. The summed E-state index contributed by atoms with van der Waals surface area (Å²) in [4.78, 5) is 29.9. The maximum absolute atomic E-state index is 11.7. The molecule has 0 spiro atoms. The second kappa shape index (κ2) is 6.33. The average Bonchev–Trinajstić information content (AvgIpc) is 2.47. The summed E-state index contributed by atoms with van der Waals surface area (Å²) in [6, 6.07) is 6.16. The Kier molecular flexibility index (Phi) is 4.30. The van der Waals surface area contributed by atoms with E-state index in [0.717, 1.165) is 0 Å². The number of phenols is 1. The second-order valence-electron chi connectivity index (χ2n) is 3.86. The molecule has 108 valence electrons. The highest BCUT2D eigenvalue weighted by Gasteiger charge is 2.15. The van der Waals surface area contributed by atoms with E-state index in [1.54, 1.807) is 12.1 Å². The van der Waals surface area contributed by atoms with Crippen LogP contribution in [0.5, 0.6) is 11.5 Å². The predicted molar refractivity (Wildman–Crippen MR) is 71.2 cm³/mol. The number of hydrogen-bond donors (Lipinski definition) is 3. The van der Waals surface area contributed by atoms with Crippen LogP contribution in [-0.4, -0.2) is 38.7 Å². The maximum Gasteiger partial charge on any atom is 0.358 e. The number of nitrogens with one attached hydrogen (secondary N) is 1. The minimum atomic E-state index is -1.31. The zero-order valence-electron chi connectivity index (χ0n) is 10.7. The first kappa shape index (κ1) is 14.3. The molecule has 1 aromatic carbocycles. The molecule has 8 heteroatoms. The molecule has 3 N–H and O–H groups in total. The molecule has 1 heterocycles. The molecule has 21 heavy (non-hydrogen) atoms. The van der Waals surface area contributed by atoms with Crippen molar-refractivity contribution in [2.24, 2.45) is 0 Å². The number of aromatic nitrogens is 2. The number of ether oxygens (including phenoxy) is 1. The lowest BCUT2D eigenvalue weighted by Crippen LogP contribution is -2.22. The van der Waals surface area contributed by atoms with Crippen molar-refractivity contribution in [2.45, 2.75) is 0 Å². The number of hydrogen-bond acceptors (Lipinski definition) is 6. The third-order valence-electron chi connectivity index (χ3n) is 2.38. The van der Waals surface area contributed by atoms with Gasteiger partial charge in [-0.15, -0.1) is 0 Å². The van der Waals surface area contributed by atoms with Crippen LogP contribution in [0.15, 0.2) is 36.7 Å². The molecule has 0 saturated heterocycles. The largest absolute Gasteiger partial charge is 0.504 e. The molecule has 0 fully saturated rings. The lowest BCUT2D eigenvalue weighted by atomic mass is 10.3. The number of phenolic OH excluding ortho intramolecular Hbond substituents is 1. The summed E-state index contributed by atoms with van der Waals surface area (Å²) in [7, 11) is 0. The number of rotatable bonds is 5. The van der Waals surface area contributed by atoms with Crippen molar-refractivity contribution in [3.63, 3.8) is 0 Å². The summed E-state index contributed by atoms with van der Waals surface area (Å²) >= 11 is 0. The van der Waals surface area contributed by atoms with Crippen molar-refractivity contribution < 1.29 is 24.5 Å². The molecular formula is C13H11N3O5. The summed E-state index contributed by atoms with van der Waals surface area (Å²) in [6.07, 6.45) is 2.46. The second-order valence-corrected chi connectivity index (χ2v) is 3.86. The Hall–Kier alpha value is -3.16. The number of anilines is 1. The fourth-order valence-corrected chi connectivity index (χ4v) is 1.48.